The van der Waals surface area contributed by atoms with Crippen LogP contribution in [0.1, 0.15) is 32.1 Å². The number of nitrogens with one attached hydrogen (secondary N) is 2. The molecule has 7 nitrogen and oxygen atoms in total. The van der Waals surface area contributed by atoms with Gasteiger partial charge in [-0.3, -0.25) is 14.6 Å². The molecule has 2 heterocycles. The molecule has 4 rings (SSSR count). The van der Waals surface area contributed by atoms with Crippen molar-refractivity contribution in [3.63, 3.8) is 0 Å². The third kappa shape index (κ3) is 4.15. The number of amides is 2. The Hall–Kier alpha value is -4.13. The van der Waals surface area contributed by atoms with Gasteiger partial charge in [0, 0.05) is 29.3 Å². The quantitative estimate of drug-likeness (QED) is 0.539. The molecular formula is C23H19N5O2. The zero-order valence-electron chi connectivity index (χ0n) is 16.5. The zero-order valence-corrected chi connectivity index (χ0v) is 16.5. The summed E-state index contributed by atoms with van der Waals surface area (Å²) < 4.78 is 0. The van der Waals surface area contributed by atoms with Crippen molar-refractivity contribution in [3.05, 3.63) is 89.5 Å². The first-order valence-electron chi connectivity index (χ1n) is 9.37. The van der Waals surface area contributed by atoms with Gasteiger partial charge in [-0.1, -0.05) is 0 Å². The highest BCUT2D eigenvalue weighted by atomic mass is 16.2. The van der Waals surface area contributed by atoms with E-state index in [-0.39, 0.29) is 11.8 Å². The molecule has 0 saturated carbocycles. The number of rotatable bonds is 4. The third-order valence-corrected chi connectivity index (χ3v) is 4.66. The van der Waals surface area contributed by atoms with E-state index in [4.69, 9.17) is 0 Å². The predicted molar refractivity (Wildman–Crippen MR) is 116 cm³/mol. The SMILES string of the molecule is Cc1nc2ccc(C(=O)Nc3ccc(NC(=O)c4cccnc4)cc3)cc2nc1C. The maximum atomic E-state index is 12.6. The van der Waals surface area contributed by atoms with Crippen molar-refractivity contribution in [2.75, 3.05) is 10.6 Å². The summed E-state index contributed by atoms with van der Waals surface area (Å²) in [5.41, 5.74) is 5.34. The summed E-state index contributed by atoms with van der Waals surface area (Å²) in [5.74, 6) is -0.494. The molecule has 0 aliphatic rings. The Bertz CT molecular complexity index is 1240. The van der Waals surface area contributed by atoms with E-state index >= 15 is 0 Å². The monoisotopic (exact) mass is 397 g/mol. The van der Waals surface area contributed by atoms with Crippen LogP contribution in [0.2, 0.25) is 0 Å². The second-order valence-electron chi connectivity index (χ2n) is 6.83. The first-order chi connectivity index (χ1) is 14.5. The van der Waals surface area contributed by atoms with Crippen molar-refractivity contribution in [2.45, 2.75) is 13.8 Å². The fourth-order valence-electron chi connectivity index (χ4n) is 2.91. The summed E-state index contributed by atoms with van der Waals surface area (Å²) in [7, 11) is 0. The summed E-state index contributed by atoms with van der Waals surface area (Å²) in [6, 6.07) is 15.5. The molecule has 4 aromatic rings. The molecule has 0 atom stereocenters. The lowest BCUT2D eigenvalue weighted by atomic mass is 10.1. The summed E-state index contributed by atoms with van der Waals surface area (Å²) in [6.45, 7) is 3.80. The molecule has 7 heteroatoms. The van der Waals surface area contributed by atoms with Gasteiger partial charge in [-0.15, -0.1) is 0 Å². The van der Waals surface area contributed by atoms with Crippen molar-refractivity contribution in [2.24, 2.45) is 0 Å². The molecule has 30 heavy (non-hydrogen) atoms. The molecule has 0 bridgehead atoms. The highest BCUT2D eigenvalue weighted by Gasteiger charge is 2.10. The molecule has 0 aliphatic carbocycles. The third-order valence-electron chi connectivity index (χ3n) is 4.66. The summed E-state index contributed by atoms with van der Waals surface area (Å²) in [5, 5.41) is 5.64. The Morgan fingerprint density at radius 3 is 1.93 bits per heavy atom. The Kier molecular flexibility index (Phi) is 5.17. The van der Waals surface area contributed by atoms with Crippen molar-refractivity contribution < 1.29 is 9.59 Å². The molecule has 0 aliphatic heterocycles. The highest BCUT2D eigenvalue weighted by molar-refractivity contribution is 6.06. The first-order valence-corrected chi connectivity index (χ1v) is 9.37. The highest BCUT2D eigenvalue weighted by Crippen LogP contribution is 2.18. The van der Waals surface area contributed by atoms with Gasteiger partial charge in [0.25, 0.3) is 11.8 Å². The predicted octanol–water partition coefficient (Wildman–Crippen LogP) is 4.15. The van der Waals surface area contributed by atoms with Crippen LogP contribution < -0.4 is 10.6 Å². The van der Waals surface area contributed by atoms with E-state index in [1.54, 1.807) is 60.8 Å². The molecule has 2 aromatic heterocycles. The Morgan fingerprint density at radius 1 is 0.733 bits per heavy atom. The Balaban J connectivity index is 1.45. The van der Waals surface area contributed by atoms with E-state index in [1.165, 1.54) is 6.20 Å². The number of carbonyl (C=O) groups excluding carboxylic acids is 2. The van der Waals surface area contributed by atoms with Gasteiger partial charge in [0.1, 0.15) is 0 Å². The van der Waals surface area contributed by atoms with Gasteiger partial charge in [-0.25, -0.2) is 9.97 Å². The second-order valence-corrected chi connectivity index (χ2v) is 6.83. The molecule has 0 saturated heterocycles. The normalized spacial score (nSPS) is 10.6. The van der Waals surface area contributed by atoms with Crippen molar-refractivity contribution in [1.82, 2.24) is 15.0 Å². The van der Waals surface area contributed by atoms with Gasteiger partial charge in [0.2, 0.25) is 0 Å². The average molecular weight is 397 g/mol. The van der Waals surface area contributed by atoms with Crippen LogP contribution in [-0.4, -0.2) is 26.8 Å². The number of pyridine rings is 1. The maximum Gasteiger partial charge on any atom is 0.257 e. The molecule has 2 amide bonds. The lowest BCUT2D eigenvalue weighted by Gasteiger charge is -2.09. The average Bonchev–Trinajstić information content (AvgIpc) is 2.76. The van der Waals surface area contributed by atoms with Crippen molar-refractivity contribution in [3.8, 4) is 0 Å². The fraction of sp³-hybridized carbons (Fsp3) is 0.0870. The first kappa shape index (κ1) is 19.2. The molecule has 148 valence electrons. The van der Waals surface area contributed by atoms with Crippen molar-refractivity contribution in [1.29, 1.82) is 0 Å². The molecule has 2 aromatic carbocycles. The molecule has 0 unspecified atom stereocenters. The van der Waals surface area contributed by atoms with Gasteiger partial charge < -0.3 is 10.6 Å². The fourth-order valence-corrected chi connectivity index (χ4v) is 2.91. The van der Waals surface area contributed by atoms with Crippen LogP contribution in [0, 0.1) is 13.8 Å². The number of aromatic nitrogens is 3. The lowest BCUT2D eigenvalue weighted by Crippen LogP contribution is -2.13. The van der Waals surface area contributed by atoms with Crippen LogP contribution in [0.5, 0.6) is 0 Å². The molecular weight excluding hydrogens is 378 g/mol. The smallest absolute Gasteiger partial charge is 0.257 e. The van der Waals surface area contributed by atoms with Gasteiger partial charge in [-0.05, 0) is 68.4 Å². The van der Waals surface area contributed by atoms with Crippen LogP contribution in [0.25, 0.3) is 11.0 Å². The lowest BCUT2D eigenvalue weighted by molar-refractivity contribution is 0.101. The topological polar surface area (TPSA) is 96.9 Å². The largest absolute Gasteiger partial charge is 0.322 e. The minimum absolute atomic E-state index is 0.246. The number of anilines is 2. The summed E-state index contributed by atoms with van der Waals surface area (Å²) in [4.78, 5) is 37.7. The standard InChI is InChI=1S/C23H19N5O2/c1-14-15(2)26-21-12-16(5-10-20(21)25-14)22(29)27-18-6-8-19(9-7-18)28-23(30)17-4-3-11-24-13-17/h3-13H,1-2H3,(H,27,29)(H,28,30). The molecule has 0 radical (unpaired) electrons. The number of carbonyl (C=O) groups is 2. The van der Waals surface area contributed by atoms with Crippen LogP contribution in [0.3, 0.4) is 0 Å². The summed E-state index contributed by atoms with van der Waals surface area (Å²) in [6.07, 6.45) is 3.11. The van der Waals surface area contributed by atoms with Crippen molar-refractivity contribution >= 4 is 34.2 Å². The number of hydrogen-bond donors (Lipinski definition) is 2. The molecule has 0 fully saturated rings. The molecule has 0 spiro atoms. The van der Waals surface area contributed by atoms with Gasteiger partial charge in [-0.2, -0.15) is 0 Å². The maximum absolute atomic E-state index is 12.6. The number of nitrogens with zero attached hydrogens (tertiary/aromatic N) is 3. The summed E-state index contributed by atoms with van der Waals surface area (Å²) >= 11 is 0. The van der Waals surface area contributed by atoms with E-state index in [9.17, 15) is 9.59 Å². The van der Waals surface area contributed by atoms with Crippen LogP contribution >= 0.6 is 0 Å². The minimum atomic E-state index is -0.248. The van der Waals surface area contributed by atoms with Gasteiger partial charge in [0.15, 0.2) is 0 Å². The Morgan fingerprint density at radius 2 is 1.33 bits per heavy atom. The van der Waals surface area contributed by atoms with Crippen LogP contribution in [-0.2, 0) is 0 Å². The van der Waals surface area contributed by atoms with Gasteiger partial charge in [0.05, 0.1) is 28.0 Å². The number of benzene rings is 2. The second kappa shape index (κ2) is 8.08. The van der Waals surface area contributed by atoms with E-state index in [0.29, 0.717) is 28.0 Å². The number of aryl methyl sites for hydroxylation is 2. The zero-order chi connectivity index (χ0) is 21.1. The molecule has 2 N–H and O–H groups in total. The van der Waals surface area contributed by atoms with Crippen LogP contribution in [0.15, 0.2) is 67.0 Å². The Labute approximate surface area is 173 Å². The van der Waals surface area contributed by atoms with Gasteiger partial charge >= 0.3 is 0 Å². The van der Waals surface area contributed by atoms with Crippen LogP contribution in [0.4, 0.5) is 11.4 Å². The van der Waals surface area contributed by atoms with E-state index in [0.717, 1.165) is 16.9 Å². The van der Waals surface area contributed by atoms with E-state index < -0.39 is 0 Å². The van der Waals surface area contributed by atoms with E-state index in [2.05, 4.69) is 25.6 Å². The van der Waals surface area contributed by atoms with E-state index in [1.807, 2.05) is 13.8 Å². The minimum Gasteiger partial charge on any atom is -0.322 e. The number of fused-ring (bicyclic) bond motifs is 1. The number of hydrogen-bond acceptors (Lipinski definition) is 5.